The molecular formula is C14H18N6. The van der Waals surface area contributed by atoms with E-state index in [1.165, 1.54) is 12.8 Å². The summed E-state index contributed by atoms with van der Waals surface area (Å²) < 4.78 is 1.84. The molecule has 2 atom stereocenters. The molecule has 1 aromatic heterocycles. The quantitative estimate of drug-likeness (QED) is 0.876. The SMILES string of the molecule is c1ccc(-n2nnnc2N2CCC3NCCC3C2)cc1. The lowest BCUT2D eigenvalue weighted by atomic mass is 9.94. The lowest BCUT2D eigenvalue weighted by molar-refractivity contribution is 0.372. The van der Waals surface area contributed by atoms with Crippen molar-refractivity contribution in [1.82, 2.24) is 25.5 Å². The minimum Gasteiger partial charge on any atom is -0.339 e. The van der Waals surface area contributed by atoms with Gasteiger partial charge in [0.2, 0.25) is 5.95 Å². The molecule has 0 aliphatic carbocycles. The van der Waals surface area contributed by atoms with Gasteiger partial charge in [0.05, 0.1) is 5.69 Å². The number of para-hydroxylation sites is 1. The van der Waals surface area contributed by atoms with Crippen LogP contribution in [0.3, 0.4) is 0 Å². The molecule has 2 aromatic rings. The summed E-state index contributed by atoms with van der Waals surface area (Å²) in [4.78, 5) is 2.32. The predicted molar refractivity (Wildman–Crippen MR) is 75.9 cm³/mol. The van der Waals surface area contributed by atoms with Gasteiger partial charge in [-0.3, -0.25) is 0 Å². The lowest BCUT2D eigenvalue weighted by Crippen LogP contribution is -2.45. The second kappa shape index (κ2) is 4.86. The van der Waals surface area contributed by atoms with E-state index >= 15 is 0 Å². The molecule has 1 N–H and O–H groups in total. The minimum absolute atomic E-state index is 0.687. The summed E-state index contributed by atoms with van der Waals surface area (Å²) in [7, 11) is 0. The molecule has 0 saturated carbocycles. The molecule has 2 fully saturated rings. The number of hydrogen-bond donors (Lipinski definition) is 1. The van der Waals surface area contributed by atoms with Crippen LogP contribution in [0.15, 0.2) is 30.3 Å². The molecule has 104 valence electrons. The van der Waals surface area contributed by atoms with E-state index in [-0.39, 0.29) is 0 Å². The van der Waals surface area contributed by atoms with Gasteiger partial charge in [0, 0.05) is 19.1 Å². The maximum atomic E-state index is 4.24. The molecule has 2 aliphatic heterocycles. The van der Waals surface area contributed by atoms with Crippen LogP contribution in [0.25, 0.3) is 5.69 Å². The Morgan fingerprint density at radius 3 is 2.95 bits per heavy atom. The largest absolute Gasteiger partial charge is 0.339 e. The standard InChI is InChI=1S/C14H18N6/c1-2-4-12(5-3-1)20-14(16-17-18-20)19-9-7-13-11(10-19)6-8-15-13/h1-5,11,13,15H,6-10H2. The van der Waals surface area contributed by atoms with Crippen molar-refractivity contribution in [3.63, 3.8) is 0 Å². The fourth-order valence-electron chi connectivity index (χ4n) is 3.35. The molecule has 3 heterocycles. The number of benzene rings is 1. The summed E-state index contributed by atoms with van der Waals surface area (Å²) in [6.07, 6.45) is 2.43. The van der Waals surface area contributed by atoms with Gasteiger partial charge in [-0.15, -0.1) is 0 Å². The Bertz CT molecular complexity index is 580. The fourth-order valence-corrected chi connectivity index (χ4v) is 3.35. The zero-order valence-electron chi connectivity index (χ0n) is 11.3. The van der Waals surface area contributed by atoms with Crippen LogP contribution in [-0.4, -0.2) is 45.9 Å². The number of rotatable bonds is 2. The van der Waals surface area contributed by atoms with Gasteiger partial charge < -0.3 is 10.2 Å². The third kappa shape index (κ3) is 1.96. The monoisotopic (exact) mass is 270 g/mol. The van der Waals surface area contributed by atoms with E-state index in [1.807, 2.05) is 35.0 Å². The highest BCUT2D eigenvalue weighted by molar-refractivity contribution is 5.41. The minimum atomic E-state index is 0.687. The van der Waals surface area contributed by atoms with Crippen LogP contribution >= 0.6 is 0 Å². The van der Waals surface area contributed by atoms with Crippen molar-refractivity contribution in [2.24, 2.45) is 5.92 Å². The van der Waals surface area contributed by atoms with Crippen LogP contribution in [0, 0.1) is 5.92 Å². The van der Waals surface area contributed by atoms with Crippen LogP contribution in [0.4, 0.5) is 5.95 Å². The highest BCUT2D eigenvalue weighted by Crippen LogP contribution is 2.27. The molecule has 20 heavy (non-hydrogen) atoms. The number of piperidine rings is 1. The molecule has 2 unspecified atom stereocenters. The van der Waals surface area contributed by atoms with Gasteiger partial charge in [-0.2, -0.15) is 4.68 Å². The number of anilines is 1. The molecule has 6 nitrogen and oxygen atoms in total. The average molecular weight is 270 g/mol. The van der Waals surface area contributed by atoms with Crippen LogP contribution < -0.4 is 10.2 Å². The van der Waals surface area contributed by atoms with Crippen LogP contribution in [0.1, 0.15) is 12.8 Å². The smallest absolute Gasteiger partial charge is 0.250 e. The van der Waals surface area contributed by atoms with Gasteiger partial charge in [0.25, 0.3) is 0 Å². The third-order valence-electron chi connectivity index (χ3n) is 4.39. The van der Waals surface area contributed by atoms with Gasteiger partial charge in [0.15, 0.2) is 0 Å². The number of nitrogens with one attached hydrogen (secondary N) is 1. The first-order valence-electron chi connectivity index (χ1n) is 7.24. The average Bonchev–Trinajstić information content (AvgIpc) is 3.16. The van der Waals surface area contributed by atoms with Gasteiger partial charge in [-0.1, -0.05) is 23.3 Å². The molecular weight excluding hydrogens is 252 g/mol. The number of aromatic nitrogens is 4. The number of nitrogens with zero attached hydrogens (tertiary/aromatic N) is 5. The number of tetrazole rings is 1. The van der Waals surface area contributed by atoms with Crippen molar-refractivity contribution in [1.29, 1.82) is 0 Å². The van der Waals surface area contributed by atoms with E-state index in [0.717, 1.165) is 37.2 Å². The first-order valence-corrected chi connectivity index (χ1v) is 7.24. The second-order valence-corrected chi connectivity index (χ2v) is 5.57. The van der Waals surface area contributed by atoms with Crippen LogP contribution in [0.2, 0.25) is 0 Å². The zero-order valence-corrected chi connectivity index (χ0v) is 11.3. The maximum absolute atomic E-state index is 4.24. The first-order chi connectivity index (χ1) is 9.92. The Balaban J connectivity index is 1.62. The highest BCUT2D eigenvalue weighted by Gasteiger charge is 2.34. The molecule has 1 aromatic carbocycles. The third-order valence-corrected chi connectivity index (χ3v) is 4.39. The molecule has 2 saturated heterocycles. The van der Waals surface area contributed by atoms with E-state index in [2.05, 4.69) is 25.7 Å². The molecule has 0 radical (unpaired) electrons. The van der Waals surface area contributed by atoms with E-state index in [1.54, 1.807) is 0 Å². The summed E-state index contributed by atoms with van der Waals surface area (Å²) in [5.74, 6) is 1.59. The van der Waals surface area contributed by atoms with Crippen molar-refractivity contribution in [3.8, 4) is 5.69 Å². The fraction of sp³-hybridized carbons (Fsp3) is 0.500. The summed E-state index contributed by atoms with van der Waals surface area (Å²) in [5, 5.41) is 15.8. The Morgan fingerprint density at radius 2 is 2.05 bits per heavy atom. The predicted octanol–water partition coefficient (Wildman–Crippen LogP) is 0.850. The zero-order chi connectivity index (χ0) is 13.4. The summed E-state index contributed by atoms with van der Waals surface area (Å²) in [6, 6.07) is 10.8. The molecule has 0 spiro atoms. The van der Waals surface area contributed by atoms with Crippen molar-refractivity contribution in [3.05, 3.63) is 30.3 Å². The van der Waals surface area contributed by atoms with Crippen LogP contribution in [-0.2, 0) is 0 Å². The van der Waals surface area contributed by atoms with Gasteiger partial charge in [-0.05, 0) is 47.9 Å². The Morgan fingerprint density at radius 1 is 1.15 bits per heavy atom. The van der Waals surface area contributed by atoms with Gasteiger partial charge in [-0.25, -0.2) is 0 Å². The van der Waals surface area contributed by atoms with Crippen molar-refractivity contribution >= 4 is 5.95 Å². The Hall–Kier alpha value is -1.95. The second-order valence-electron chi connectivity index (χ2n) is 5.57. The molecule has 6 heteroatoms. The summed E-state index contributed by atoms with van der Waals surface area (Å²) >= 11 is 0. The van der Waals surface area contributed by atoms with Crippen molar-refractivity contribution in [2.75, 3.05) is 24.5 Å². The Kier molecular flexibility index (Phi) is 2.88. The van der Waals surface area contributed by atoms with Crippen LogP contribution in [0.5, 0.6) is 0 Å². The first kappa shape index (κ1) is 11.8. The highest BCUT2D eigenvalue weighted by atomic mass is 15.6. The number of fused-ring (bicyclic) bond motifs is 1. The topological polar surface area (TPSA) is 58.9 Å². The van der Waals surface area contributed by atoms with E-state index in [9.17, 15) is 0 Å². The van der Waals surface area contributed by atoms with Crippen molar-refractivity contribution < 1.29 is 0 Å². The summed E-state index contributed by atoms with van der Waals surface area (Å²) in [5.41, 5.74) is 1.01. The lowest BCUT2D eigenvalue weighted by Gasteiger charge is -2.34. The van der Waals surface area contributed by atoms with E-state index < -0.39 is 0 Å². The molecule has 0 amide bonds. The summed E-state index contributed by atoms with van der Waals surface area (Å²) in [6.45, 7) is 3.21. The molecule has 4 rings (SSSR count). The Labute approximate surface area is 117 Å². The van der Waals surface area contributed by atoms with Gasteiger partial charge >= 0.3 is 0 Å². The van der Waals surface area contributed by atoms with E-state index in [4.69, 9.17) is 0 Å². The van der Waals surface area contributed by atoms with Crippen molar-refractivity contribution in [2.45, 2.75) is 18.9 Å². The van der Waals surface area contributed by atoms with Gasteiger partial charge in [0.1, 0.15) is 0 Å². The van der Waals surface area contributed by atoms with E-state index in [0.29, 0.717) is 6.04 Å². The molecule has 0 bridgehead atoms. The maximum Gasteiger partial charge on any atom is 0.250 e. The number of hydrogen-bond acceptors (Lipinski definition) is 5. The molecule has 2 aliphatic rings. The normalized spacial score (nSPS) is 25.7.